The van der Waals surface area contributed by atoms with Crippen LogP contribution >= 0.6 is 0 Å². The Kier molecular flexibility index (Phi) is 5.66. The highest BCUT2D eigenvalue weighted by molar-refractivity contribution is 5.67. The van der Waals surface area contributed by atoms with Gasteiger partial charge < -0.3 is 20.1 Å². The number of carbonyl (C=O) groups is 1. The van der Waals surface area contributed by atoms with E-state index in [4.69, 9.17) is 9.47 Å². The number of hydrogen-bond acceptors (Lipinski definition) is 4. The Morgan fingerprint density at radius 3 is 2.82 bits per heavy atom. The van der Waals surface area contributed by atoms with Crippen molar-refractivity contribution in [1.82, 2.24) is 10.6 Å². The van der Waals surface area contributed by atoms with Crippen molar-refractivity contribution in [2.75, 3.05) is 19.6 Å². The van der Waals surface area contributed by atoms with Gasteiger partial charge in [-0.2, -0.15) is 0 Å². The molecule has 0 aliphatic carbocycles. The molecule has 1 aliphatic rings. The second-order valence-electron chi connectivity index (χ2n) is 6.54. The first-order valence-corrected chi connectivity index (χ1v) is 7.86. The minimum Gasteiger partial charge on any atom is -0.488 e. The second-order valence-corrected chi connectivity index (χ2v) is 6.54. The molecule has 5 nitrogen and oxygen atoms in total. The molecule has 22 heavy (non-hydrogen) atoms. The fourth-order valence-corrected chi connectivity index (χ4v) is 2.35. The van der Waals surface area contributed by atoms with Gasteiger partial charge in [0.25, 0.3) is 0 Å². The summed E-state index contributed by atoms with van der Waals surface area (Å²) >= 11 is 0. The van der Waals surface area contributed by atoms with Gasteiger partial charge in [0.2, 0.25) is 0 Å². The molecular formula is C17H26N2O3. The summed E-state index contributed by atoms with van der Waals surface area (Å²) in [6.07, 6.45) is 1.66. The van der Waals surface area contributed by atoms with Crippen molar-refractivity contribution in [2.45, 2.75) is 45.3 Å². The van der Waals surface area contributed by atoms with E-state index in [-0.39, 0.29) is 12.2 Å². The van der Waals surface area contributed by atoms with Crippen molar-refractivity contribution in [3.05, 3.63) is 29.8 Å². The van der Waals surface area contributed by atoms with Crippen molar-refractivity contribution in [3.63, 3.8) is 0 Å². The number of ether oxygens (including phenoxy) is 2. The molecule has 0 aromatic heterocycles. The zero-order chi connectivity index (χ0) is 16.0. The number of hydrogen-bond donors (Lipinski definition) is 2. The van der Waals surface area contributed by atoms with Crippen LogP contribution in [0, 0.1) is 0 Å². The lowest BCUT2D eigenvalue weighted by Gasteiger charge is -2.19. The van der Waals surface area contributed by atoms with Crippen LogP contribution in [0.3, 0.4) is 0 Å². The molecule has 0 saturated heterocycles. The number of nitrogens with one attached hydrogen (secondary N) is 2. The first kappa shape index (κ1) is 16.6. The number of fused-ring (bicyclic) bond motifs is 1. The topological polar surface area (TPSA) is 59.6 Å². The summed E-state index contributed by atoms with van der Waals surface area (Å²) < 4.78 is 11.0. The van der Waals surface area contributed by atoms with Crippen molar-refractivity contribution >= 4 is 6.09 Å². The maximum Gasteiger partial charge on any atom is 0.407 e. The normalized spacial score (nSPS) is 16.8. The van der Waals surface area contributed by atoms with Gasteiger partial charge in [-0.15, -0.1) is 0 Å². The molecule has 1 heterocycles. The lowest BCUT2D eigenvalue weighted by Crippen LogP contribution is -2.35. The number of amides is 1. The largest absolute Gasteiger partial charge is 0.488 e. The Morgan fingerprint density at radius 1 is 1.32 bits per heavy atom. The van der Waals surface area contributed by atoms with Crippen LogP contribution in [0.4, 0.5) is 4.79 Å². The molecule has 5 heteroatoms. The average Bonchev–Trinajstić information content (AvgIpc) is 2.83. The predicted octanol–water partition coefficient (Wildman–Crippen LogP) is 2.49. The van der Waals surface area contributed by atoms with E-state index < -0.39 is 5.60 Å². The number of rotatable bonds is 6. The Balaban J connectivity index is 1.51. The lowest BCUT2D eigenvalue weighted by molar-refractivity contribution is 0.0527. The van der Waals surface area contributed by atoms with E-state index in [1.807, 2.05) is 39.0 Å². The van der Waals surface area contributed by atoms with Gasteiger partial charge in [0, 0.05) is 19.5 Å². The van der Waals surface area contributed by atoms with Crippen LogP contribution in [0.2, 0.25) is 0 Å². The van der Waals surface area contributed by atoms with Gasteiger partial charge in [0.05, 0.1) is 0 Å². The van der Waals surface area contributed by atoms with Crippen molar-refractivity contribution in [3.8, 4) is 5.75 Å². The highest BCUT2D eigenvalue weighted by Gasteiger charge is 2.21. The fraction of sp³-hybridized carbons (Fsp3) is 0.588. The van der Waals surface area contributed by atoms with Crippen LogP contribution in [0.15, 0.2) is 24.3 Å². The van der Waals surface area contributed by atoms with E-state index in [1.54, 1.807) is 0 Å². The summed E-state index contributed by atoms with van der Waals surface area (Å²) in [6, 6.07) is 8.16. The lowest BCUT2D eigenvalue weighted by atomic mass is 10.1. The van der Waals surface area contributed by atoms with Crippen molar-refractivity contribution in [1.29, 1.82) is 0 Å². The fourth-order valence-electron chi connectivity index (χ4n) is 2.35. The number of carbonyl (C=O) groups excluding carboxylic acids is 1. The Hall–Kier alpha value is -1.75. The molecule has 1 amide bonds. The Morgan fingerprint density at radius 2 is 2.09 bits per heavy atom. The number of benzene rings is 1. The number of alkyl carbamates (subject to hydrolysis) is 1. The maximum atomic E-state index is 11.5. The van der Waals surface area contributed by atoms with Gasteiger partial charge in [-0.1, -0.05) is 18.2 Å². The third-order valence-electron chi connectivity index (χ3n) is 3.28. The van der Waals surface area contributed by atoms with E-state index in [0.29, 0.717) is 6.54 Å². The van der Waals surface area contributed by atoms with Crippen LogP contribution in [-0.2, 0) is 11.2 Å². The van der Waals surface area contributed by atoms with Crippen molar-refractivity contribution < 1.29 is 14.3 Å². The highest BCUT2D eigenvalue weighted by atomic mass is 16.6. The maximum absolute atomic E-state index is 11.5. The predicted molar refractivity (Wildman–Crippen MR) is 86.3 cm³/mol. The first-order chi connectivity index (χ1) is 10.4. The summed E-state index contributed by atoms with van der Waals surface area (Å²) in [5.41, 5.74) is 0.831. The monoisotopic (exact) mass is 306 g/mol. The first-order valence-electron chi connectivity index (χ1n) is 7.86. The van der Waals surface area contributed by atoms with Crippen LogP contribution in [0.1, 0.15) is 32.8 Å². The molecule has 0 bridgehead atoms. The molecule has 1 aliphatic heterocycles. The van der Waals surface area contributed by atoms with E-state index in [1.165, 1.54) is 5.56 Å². The van der Waals surface area contributed by atoms with E-state index in [9.17, 15) is 4.79 Å². The van der Waals surface area contributed by atoms with Gasteiger partial charge in [-0.25, -0.2) is 4.79 Å². The molecule has 1 aromatic carbocycles. The molecule has 0 spiro atoms. The summed E-state index contributed by atoms with van der Waals surface area (Å²) in [6.45, 7) is 7.83. The summed E-state index contributed by atoms with van der Waals surface area (Å²) in [5, 5.41) is 6.12. The minimum atomic E-state index is -0.447. The summed E-state index contributed by atoms with van der Waals surface area (Å²) in [7, 11) is 0. The quantitative estimate of drug-likeness (QED) is 0.793. The zero-order valence-corrected chi connectivity index (χ0v) is 13.6. The third-order valence-corrected chi connectivity index (χ3v) is 3.28. The molecule has 1 atom stereocenters. The molecule has 0 saturated carbocycles. The number of para-hydroxylation sites is 1. The molecule has 2 rings (SSSR count). The molecule has 1 aromatic rings. The van der Waals surface area contributed by atoms with Crippen LogP contribution in [-0.4, -0.2) is 37.4 Å². The molecule has 1 unspecified atom stereocenters. The zero-order valence-electron chi connectivity index (χ0n) is 13.6. The van der Waals surface area contributed by atoms with E-state index in [0.717, 1.165) is 31.7 Å². The Labute approximate surface area is 132 Å². The smallest absolute Gasteiger partial charge is 0.407 e. The standard InChI is InChI=1S/C17H26N2O3/c1-17(2,3)22-16(20)19-10-6-9-18-12-14-11-13-7-4-5-8-15(13)21-14/h4-5,7-8,14,18H,6,9-12H2,1-3H3,(H,19,20). The third kappa shape index (κ3) is 5.56. The Bertz CT molecular complexity index is 472. The SMILES string of the molecule is CC(C)(C)OC(=O)NCCCNCC1Cc2ccccc2O1. The van der Waals surface area contributed by atoms with E-state index >= 15 is 0 Å². The van der Waals surface area contributed by atoms with Crippen LogP contribution in [0.25, 0.3) is 0 Å². The molecule has 0 fully saturated rings. The van der Waals surface area contributed by atoms with Gasteiger partial charge in [-0.3, -0.25) is 0 Å². The van der Waals surface area contributed by atoms with Gasteiger partial charge in [0.1, 0.15) is 17.5 Å². The second kappa shape index (κ2) is 7.49. The van der Waals surface area contributed by atoms with Gasteiger partial charge in [-0.05, 0) is 45.4 Å². The van der Waals surface area contributed by atoms with Crippen LogP contribution in [0.5, 0.6) is 5.75 Å². The van der Waals surface area contributed by atoms with Crippen LogP contribution < -0.4 is 15.4 Å². The molecule has 2 N–H and O–H groups in total. The average molecular weight is 306 g/mol. The molecule has 0 radical (unpaired) electrons. The summed E-state index contributed by atoms with van der Waals surface area (Å²) in [5.74, 6) is 1.00. The minimum absolute atomic E-state index is 0.205. The van der Waals surface area contributed by atoms with Gasteiger partial charge >= 0.3 is 6.09 Å². The van der Waals surface area contributed by atoms with Crippen molar-refractivity contribution in [2.24, 2.45) is 0 Å². The highest BCUT2D eigenvalue weighted by Crippen LogP contribution is 2.27. The summed E-state index contributed by atoms with van der Waals surface area (Å²) in [4.78, 5) is 11.5. The molecule has 122 valence electrons. The molecular weight excluding hydrogens is 280 g/mol. The van der Waals surface area contributed by atoms with E-state index in [2.05, 4.69) is 16.7 Å². The van der Waals surface area contributed by atoms with Gasteiger partial charge in [0.15, 0.2) is 0 Å².